The van der Waals surface area contributed by atoms with E-state index in [0.717, 1.165) is 28.7 Å². The summed E-state index contributed by atoms with van der Waals surface area (Å²) < 4.78 is 0.765. The summed E-state index contributed by atoms with van der Waals surface area (Å²) in [5, 5.41) is 2.94. The van der Waals surface area contributed by atoms with Crippen LogP contribution in [0.3, 0.4) is 0 Å². The molecule has 1 fully saturated rings. The molecule has 17 heavy (non-hydrogen) atoms. The van der Waals surface area contributed by atoms with E-state index in [9.17, 15) is 4.79 Å². The topological polar surface area (TPSA) is 32.3 Å². The SMILES string of the molecule is CC1CCCN(C(=O)NCc2ccc(Cl)s2)C1. The Hall–Kier alpha value is -0.740. The summed E-state index contributed by atoms with van der Waals surface area (Å²) in [6, 6.07) is 3.85. The average Bonchev–Trinajstić information content (AvgIpc) is 2.72. The Labute approximate surface area is 111 Å². The molecule has 1 aliphatic heterocycles. The molecule has 1 saturated heterocycles. The fourth-order valence-electron chi connectivity index (χ4n) is 2.10. The van der Waals surface area contributed by atoms with Gasteiger partial charge in [-0.3, -0.25) is 0 Å². The van der Waals surface area contributed by atoms with Gasteiger partial charge in [0.25, 0.3) is 0 Å². The van der Waals surface area contributed by atoms with Crippen LogP contribution in [0.25, 0.3) is 0 Å². The van der Waals surface area contributed by atoms with Crippen molar-refractivity contribution in [2.24, 2.45) is 5.92 Å². The number of carbonyl (C=O) groups excluding carboxylic acids is 1. The zero-order valence-electron chi connectivity index (χ0n) is 9.91. The van der Waals surface area contributed by atoms with Crippen LogP contribution in [-0.4, -0.2) is 24.0 Å². The van der Waals surface area contributed by atoms with E-state index in [1.54, 1.807) is 0 Å². The van der Waals surface area contributed by atoms with Crippen LogP contribution >= 0.6 is 22.9 Å². The van der Waals surface area contributed by atoms with Crippen molar-refractivity contribution in [1.82, 2.24) is 10.2 Å². The molecule has 0 aromatic carbocycles. The Morgan fingerprint density at radius 3 is 3.12 bits per heavy atom. The van der Waals surface area contributed by atoms with E-state index in [1.807, 2.05) is 17.0 Å². The average molecular weight is 273 g/mol. The molecule has 5 heteroatoms. The number of hydrogen-bond acceptors (Lipinski definition) is 2. The fourth-order valence-corrected chi connectivity index (χ4v) is 3.12. The van der Waals surface area contributed by atoms with Gasteiger partial charge in [0.05, 0.1) is 10.9 Å². The maximum atomic E-state index is 11.9. The first-order valence-electron chi connectivity index (χ1n) is 5.92. The van der Waals surface area contributed by atoms with E-state index in [-0.39, 0.29) is 6.03 Å². The molecule has 1 unspecified atom stereocenters. The lowest BCUT2D eigenvalue weighted by molar-refractivity contribution is 0.169. The molecule has 0 spiro atoms. The minimum atomic E-state index is 0.0427. The van der Waals surface area contributed by atoms with Crippen molar-refractivity contribution in [2.75, 3.05) is 13.1 Å². The molecule has 1 atom stereocenters. The number of hydrogen-bond donors (Lipinski definition) is 1. The van der Waals surface area contributed by atoms with Gasteiger partial charge in [-0.25, -0.2) is 4.79 Å². The van der Waals surface area contributed by atoms with Gasteiger partial charge in [-0.05, 0) is 30.9 Å². The van der Waals surface area contributed by atoms with Crippen LogP contribution in [-0.2, 0) is 6.54 Å². The second kappa shape index (κ2) is 5.74. The van der Waals surface area contributed by atoms with Gasteiger partial charge in [0.1, 0.15) is 0 Å². The Balaban J connectivity index is 1.80. The molecule has 0 bridgehead atoms. The molecule has 1 aliphatic rings. The number of piperidine rings is 1. The summed E-state index contributed by atoms with van der Waals surface area (Å²) in [4.78, 5) is 14.9. The third-order valence-corrected chi connectivity index (χ3v) is 4.22. The number of rotatable bonds is 2. The lowest BCUT2D eigenvalue weighted by Crippen LogP contribution is -2.44. The highest BCUT2D eigenvalue weighted by Crippen LogP contribution is 2.21. The maximum Gasteiger partial charge on any atom is 0.317 e. The lowest BCUT2D eigenvalue weighted by Gasteiger charge is -2.30. The summed E-state index contributed by atoms with van der Waals surface area (Å²) in [6.07, 6.45) is 2.34. The highest BCUT2D eigenvalue weighted by atomic mass is 35.5. The van der Waals surface area contributed by atoms with Crippen LogP contribution in [0.1, 0.15) is 24.6 Å². The molecule has 1 aromatic heterocycles. The number of likely N-dealkylation sites (tertiary alicyclic amines) is 1. The highest BCUT2D eigenvalue weighted by molar-refractivity contribution is 7.16. The smallest absolute Gasteiger partial charge is 0.317 e. The third-order valence-electron chi connectivity index (χ3n) is 2.99. The summed E-state index contributed by atoms with van der Waals surface area (Å²) in [5.74, 6) is 0.616. The largest absolute Gasteiger partial charge is 0.333 e. The number of halogens is 1. The summed E-state index contributed by atoms with van der Waals surface area (Å²) >= 11 is 7.35. The summed E-state index contributed by atoms with van der Waals surface area (Å²) in [6.45, 7) is 4.51. The van der Waals surface area contributed by atoms with Crippen LogP contribution in [0.5, 0.6) is 0 Å². The number of urea groups is 1. The fraction of sp³-hybridized carbons (Fsp3) is 0.583. The lowest BCUT2D eigenvalue weighted by atomic mass is 10.0. The molecule has 3 nitrogen and oxygen atoms in total. The first-order valence-corrected chi connectivity index (χ1v) is 7.11. The van der Waals surface area contributed by atoms with Crippen molar-refractivity contribution in [3.63, 3.8) is 0 Å². The number of thiophene rings is 1. The van der Waals surface area contributed by atoms with Crippen molar-refractivity contribution < 1.29 is 4.79 Å². The van der Waals surface area contributed by atoms with Crippen molar-refractivity contribution in [2.45, 2.75) is 26.3 Å². The van der Waals surface area contributed by atoms with Gasteiger partial charge in [-0.1, -0.05) is 18.5 Å². The second-order valence-electron chi connectivity index (χ2n) is 4.56. The van der Waals surface area contributed by atoms with Gasteiger partial charge in [-0.2, -0.15) is 0 Å². The van der Waals surface area contributed by atoms with E-state index < -0.39 is 0 Å². The first-order chi connectivity index (χ1) is 8.15. The third kappa shape index (κ3) is 3.61. The molecule has 1 N–H and O–H groups in total. The predicted molar refractivity (Wildman–Crippen MR) is 71.5 cm³/mol. The minimum Gasteiger partial charge on any atom is -0.333 e. The van der Waals surface area contributed by atoms with Gasteiger partial charge < -0.3 is 10.2 Å². The molecule has 0 radical (unpaired) electrons. The van der Waals surface area contributed by atoms with E-state index >= 15 is 0 Å². The van der Waals surface area contributed by atoms with Gasteiger partial charge in [0, 0.05) is 18.0 Å². The van der Waals surface area contributed by atoms with Crippen LogP contribution in [0, 0.1) is 5.92 Å². The Morgan fingerprint density at radius 1 is 1.65 bits per heavy atom. The Bertz CT molecular complexity index is 394. The van der Waals surface area contributed by atoms with E-state index in [4.69, 9.17) is 11.6 Å². The molecule has 1 aromatic rings. The summed E-state index contributed by atoms with van der Waals surface area (Å²) in [7, 11) is 0. The number of carbonyl (C=O) groups is 1. The normalized spacial score (nSPS) is 20.4. The van der Waals surface area contributed by atoms with E-state index in [2.05, 4.69) is 12.2 Å². The van der Waals surface area contributed by atoms with Crippen LogP contribution in [0.2, 0.25) is 4.34 Å². The number of amides is 2. The highest BCUT2D eigenvalue weighted by Gasteiger charge is 2.20. The van der Waals surface area contributed by atoms with Crippen LogP contribution in [0.15, 0.2) is 12.1 Å². The van der Waals surface area contributed by atoms with E-state index in [1.165, 1.54) is 17.8 Å². The van der Waals surface area contributed by atoms with E-state index in [0.29, 0.717) is 12.5 Å². The maximum absolute atomic E-state index is 11.9. The minimum absolute atomic E-state index is 0.0427. The van der Waals surface area contributed by atoms with Crippen LogP contribution in [0.4, 0.5) is 4.79 Å². The second-order valence-corrected chi connectivity index (χ2v) is 6.36. The molecule has 0 aliphatic carbocycles. The molecule has 94 valence electrons. The van der Waals surface area contributed by atoms with Crippen molar-refractivity contribution in [3.8, 4) is 0 Å². The zero-order valence-corrected chi connectivity index (χ0v) is 11.5. The predicted octanol–water partition coefficient (Wildman–Crippen LogP) is 3.34. The zero-order chi connectivity index (χ0) is 12.3. The van der Waals surface area contributed by atoms with Gasteiger partial charge in [-0.15, -0.1) is 11.3 Å². The monoisotopic (exact) mass is 272 g/mol. The van der Waals surface area contributed by atoms with Crippen molar-refractivity contribution >= 4 is 29.0 Å². The molecule has 0 saturated carbocycles. The Kier molecular flexibility index (Phi) is 4.29. The number of nitrogens with one attached hydrogen (secondary N) is 1. The Morgan fingerprint density at radius 2 is 2.47 bits per heavy atom. The molecular weight excluding hydrogens is 256 g/mol. The molecule has 2 rings (SSSR count). The van der Waals surface area contributed by atoms with Crippen LogP contribution < -0.4 is 5.32 Å². The quantitative estimate of drug-likeness (QED) is 0.880. The van der Waals surface area contributed by atoms with Gasteiger partial charge in [0.15, 0.2) is 0 Å². The van der Waals surface area contributed by atoms with Crippen molar-refractivity contribution in [1.29, 1.82) is 0 Å². The molecule has 2 heterocycles. The van der Waals surface area contributed by atoms with Gasteiger partial charge in [0.2, 0.25) is 0 Å². The number of nitrogens with zero attached hydrogens (tertiary/aromatic N) is 1. The summed E-state index contributed by atoms with van der Waals surface area (Å²) in [5.41, 5.74) is 0. The molecular formula is C12H17ClN2OS. The molecule has 2 amide bonds. The van der Waals surface area contributed by atoms with Crippen molar-refractivity contribution in [3.05, 3.63) is 21.3 Å². The standard InChI is InChI=1S/C12H17ClN2OS/c1-9-3-2-6-15(8-9)12(16)14-7-10-4-5-11(13)17-10/h4-5,9H,2-3,6-8H2,1H3,(H,14,16). The van der Waals surface area contributed by atoms with Gasteiger partial charge >= 0.3 is 6.03 Å². The first kappa shape index (κ1) is 12.7.